The van der Waals surface area contributed by atoms with E-state index in [2.05, 4.69) is 0 Å². The first-order valence-corrected chi connectivity index (χ1v) is 5.80. The fraction of sp³-hybridized carbons (Fsp3) is 0.0714. The number of hydrogen-bond donors (Lipinski definition) is 1. The minimum Gasteiger partial charge on any atom is -0.457 e. The summed E-state index contributed by atoms with van der Waals surface area (Å²) in [4.78, 5) is 11.8. The summed E-state index contributed by atoms with van der Waals surface area (Å²) in [5.74, 6) is -0.476. The van der Waals surface area contributed by atoms with Crippen LogP contribution >= 0.6 is 11.6 Å². The van der Waals surface area contributed by atoms with Gasteiger partial charge in [0.15, 0.2) is 0 Å². The van der Waals surface area contributed by atoms with Gasteiger partial charge in [-0.15, -0.1) is 0 Å². The fourth-order valence-corrected chi connectivity index (χ4v) is 1.69. The van der Waals surface area contributed by atoms with Crippen LogP contribution in [-0.4, -0.2) is 5.97 Å². The molecule has 2 aromatic carbocycles. The highest BCUT2D eigenvalue weighted by molar-refractivity contribution is 6.33. The summed E-state index contributed by atoms with van der Waals surface area (Å²) in [6.45, 7) is 0.213. The second-order valence-electron chi connectivity index (χ2n) is 3.80. The lowest BCUT2D eigenvalue weighted by atomic mass is 10.2. The van der Waals surface area contributed by atoms with E-state index in [1.165, 1.54) is 6.07 Å². The lowest BCUT2D eigenvalue weighted by Crippen LogP contribution is -2.06. The molecule has 0 radical (unpaired) electrons. The van der Waals surface area contributed by atoms with Crippen molar-refractivity contribution in [3.63, 3.8) is 0 Å². The van der Waals surface area contributed by atoms with E-state index in [9.17, 15) is 4.79 Å². The zero-order valence-corrected chi connectivity index (χ0v) is 10.4. The first kappa shape index (κ1) is 12.5. The summed E-state index contributed by atoms with van der Waals surface area (Å²) < 4.78 is 5.17. The van der Waals surface area contributed by atoms with Crippen LogP contribution < -0.4 is 5.73 Å². The highest BCUT2D eigenvalue weighted by Gasteiger charge is 2.12. The van der Waals surface area contributed by atoms with Crippen molar-refractivity contribution in [2.45, 2.75) is 6.61 Å². The normalized spacial score (nSPS) is 10.1. The third kappa shape index (κ3) is 3.02. The van der Waals surface area contributed by atoms with Gasteiger partial charge in [0.1, 0.15) is 6.61 Å². The lowest BCUT2D eigenvalue weighted by Gasteiger charge is -2.07. The van der Waals surface area contributed by atoms with Crippen molar-refractivity contribution in [1.29, 1.82) is 0 Å². The van der Waals surface area contributed by atoms with E-state index in [0.717, 1.165) is 5.56 Å². The number of halogens is 1. The van der Waals surface area contributed by atoms with Gasteiger partial charge < -0.3 is 10.5 Å². The van der Waals surface area contributed by atoms with Crippen molar-refractivity contribution >= 4 is 23.3 Å². The number of anilines is 1. The molecule has 0 atom stereocenters. The smallest absolute Gasteiger partial charge is 0.340 e. The molecule has 0 aliphatic rings. The Morgan fingerprint density at radius 2 is 1.89 bits per heavy atom. The molecule has 4 heteroatoms. The number of esters is 1. The summed E-state index contributed by atoms with van der Waals surface area (Å²) in [6.07, 6.45) is 0. The van der Waals surface area contributed by atoms with Crippen LogP contribution in [0.3, 0.4) is 0 Å². The van der Waals surface area contributed by atoms with Crippen LogP contribution in [0.15, 0.2) is 48.5 Å². The third-order valence-corrected chi connectivity index (χ3v) is 2.75. The molecule has 3 nitrogen and oxygen atoms in total. The second-order valence-corrected chi connectivity index (χ2v) is 4.21. The maximum atomic E-state index is 11.8. The van der Waals surface area contributed by atoms with Crippen molar-refractivity contribution < 1.29 is 9.53 Å². The summed E-state index contributed by atoms with van der Waals surface area (Å²) in [7, 11) is 0. The lowest BCUT2D eigenvalue weighted by molar-refractivity contribution is 0.0473. The van der Waals surface area contributed by atoms with Crippen molar-refractivity contribution in [3.05, 3.63) is 64.7 Å². The number of nitrogens with two attached hydrogens (primary N) is 1. The molecule has 0 amide bonds. The zero-order chi connectivity index (χ0) is 13.0. The van der Waals surface area contributed by atoms with Gasteiger partial charge in [-0.2, -0.15) is 0 Å². The van der Waals surface area contributed by atoms with Crippen LogP contribution in [0.25, 0.3) is 0 Å². The molecule has 0 aliphatic carbocycles. The number of hydrogen-bond acceptors (Lipinski definition) is 3. The van der Waals surface area contributed by atoms with Gasteiger partial charge in [0.2, 0.25) is 0 Å². The number of carbonyl (C=O) groups is 1. The van der Waals surface area contributed by atoms with E-state index in [1.807, 2.05) is 30.3 Å². The number of benzene rings is 2. The maximum Gasteiger partial charge on any atom is 0.340 e. The standard InChI is InChI=1S/C14H12ClNO2/c15-13-7-6-11(16)8-12(13)14(17)18-9-10-4-2-1-3-5-10/h1-8H,9,16H2. The average molecular weight is 262 g/mol. The first-order valence-electron chi connectivity index (χ1n) is 5.43. The molecule has 0 saturated heterocycles. The van der Waals surface area contributed by atoms with Gasteiger partial charge in [-0.1, -0.05) is 41.9 Å². The van der Waals surface area contributed by atoms with Gasteiger partial charge in [0, 0.05) is 5.69 Å². The van der Waals surface area contributed by atoms with Gasteiger partial charge in [-0.3, -0.25) is 0 Å². The highest BCUT2D eigenvalue weighted by atomic mass is 35.5. The third-order valence-electron chi connectivity index (χ3n) is 2.42. The predicted molar refractivity (Wildman–Crippen MR) is 71.4 cm³/mol. The Kier molecular flexibility index (Phi) is 3.85. The Hall–Kier alpha value is -2.00. The van der Waals surface area contributed by atoms with E-state index in [1.54, 1.807) is 12.1 Å². The molecule has 0 heterocycles. The Morgan fingerprint density at radius 1 is 1.17 bits per heavy atom. The Labute approximate surface area is 110 Å². The Balaban J connectivity index is 2.06. The molecule has 0 spiro atoms. The van der Waals surface area contributed by atoms with Gasteiger partial charge in [0.25, 0.3) is 0 Å². The minimum atomic E-state index is -0.476. The van der Waals surface area contributed by atoms with Crippen LogP contribution in [-0.2, 0) is 11.3 Å². The van der Waals surface area contributed by atoms with Gasteiger partial charge in [0.05, 0.1) is 10.6 Å². The van der Waals surface area contributed by atoms with E-state index in [0.29, 0.717) is 10.7 Å². The number of ether oxygens (including phenoxy) is 1. The zero-order valence-electron chi connectivity index (χ0n) is 9.60. The van der Waals surface area contributed by atoms with Crippen LogP contribution in [0, 0.1) is 0 Å². The molecule has 18 heavy (non-hydrogen) atoms. The molecule has 2 aromatic rings. The van der Waals surface area contributed by atoms with E-state index < -0.39 is 5.97 Å². The topological polar surface area (TPSA) is 52.3 Å². The predicted octanol–water partition coefficient (Wildman–Crippen LogP) is 3.28. The molecular weight excluding hydrogens is 250 g/mol. The largest absolute Gasteiger partial charge is 0.457 e. The summed E-state index contributed by atoms with van der Waals surface area (Å²) in [5, 5.41) is 0.335. The van der Waals surface area contributed by atoms with Crippen LogP contribution in [0.4, 0.5) is 5.69 Å². The van der Waals surface area contributed by atoms with Gasteiger partial charge in [-0.05, 0) is 23.8 Å². The van der Waals surface area contributed by atoms with Crippen LogP contribution in [0.1, 0.15) is 15.9 Å². The fourth-order valence-electron chi connectivity index (χ4n) is 1.50. The minimum absolute atomic E-state index is 0.213. The van der Waals surface area contributed by atoms with Crippen LogP contribution in [0.5, 0.6) is 0 Å². The molecule has 0 fully saturated rings. The monoisotopic (exact) mass is 261 g/mol. The van der Waals surface area contributed by atoms with E-state index in [-0.39, 0.29) is 12.2 Å². The first-order chi connectivity index (χ1) is 8.66. The van der Waals surface area contributed by atoms with E-state index >= 15 is 0 Å². The van der Waals surface area contributed by atoms with E-state index in [4.69, 9.17) is 22.1 Å². The number of carbonyl (C=O) groups excluding carboxylic acids is 1. The van der Waals surface area contributed by atoms with Crippen molar-refractivity contribution in [1.82, 2.24) is 0 Å². The number of rotatable bonds is 3. The Morgan fingerprint density at radius 3 is 2.61 bits per heavy atom. The molecule has 2 rings (SSSR count). The highest BCUT2D eigenvalue weighted by Crippen LogP contribution is 2.20. The molecule has 0 aromatic heterocycles. The molecule has 2 N–H and O–H groups in total. The molecular formula is C14H12ClNO2. The Bertz CT molecular complexity index is 555. The van der Waals surface area contributed by atoms with Gasteiger partial charge >= 0.3 is 5.97 Å². The number of nitrogen functional groups attached to an aromatic ring is 1. The summed E-state index contributed by atoms with van der Waals surface area (Å²) >= 11 is 5.92. The average Bonchev–Trinajstić information content (AvgIpc) is 2.40. The molecule has 0 bridgehead atoms. The second kappa shape index (κ2) is 5.56. The SMILES string of the molecule is Nc1ccc(Cl)c(C(=O)OCc2ccccc2)c1. The van der Waals surface area contributed by atoms with Crippen molar-refractivity contribution in [3.8, 4) is 0 Å². The van der Waals surface area contributed by atoms with Gasteiger partial charge in [-0.25, -0.2) is 4.79 Å². The molecule has 92 valence electrons. The summed E-state index contributed by atoms with van der Waals surface area (Å²) in [6, 6.07) is 14.2. The quantitative estimate of drug-likeness (QED) is 0.681. The van der Waals surface area contributed by atoms with Crippen molar-refractivity contribution in [2.75, 3.05) is 5.73 Å². The summed E-state index contributed by atoms with van der Waals surface area (Å²) in [5.41, 5.74) is 7.29. The maximum absolute atomic E-state index is 11.8. The van der Waals surface area contributed by atoms with Crippen LogP contribution in [0.2, 0.25) is 5.02 Å². The van der Waals surface area contributed by atoms with Crippen molar-refractivity contribution in [2.24, 2.45) is 0 Å². The molecule has 0 aliphatic heterocycles. The molecule has 0 unspecified atom stereocenters. The molecule has 0 saturated carbocycles.